The minimum atomic E-state index is -0.928. The Morgan fingerprint density at radius 2 is 1.76 bits per heavy atom. The molecular formula is C26H26FN5O. The van der Waals surface area contributed by atoms with E-state index in [0.29, 0.717) is 12.2 Å². The van der Waals surface area contributed by atoms with Gasteiger partial charge in [0.05, 0.1) is 11.4 Å². The molecule has 33 heavy (non-hydrogen) atoms. The van der Waals surface area contributed by atoms with Gasteiger partial charge in [0.25, 0.3) is 0 Å². The number of aromatic nitrogens is 3. The van der Waals surface area contributed by atoms with Gasteiger partial charge >= 0.3 is 0 Å². The lowest BCUT2D eigenvalue weighted by Crippen LogP contribution is -2.38. The number of amides is 1. The zero-order valence-corrected chi connectivity index (χ0v) is 18.5. The van der Waals surface area contributed by atoms with Crippen molar-refractivity contribution in [1.82, 2.24) is 19.9 Å². The Morgan fingerprint density at radius 3 is 2.45 bits per heavy atom. The van der Waals surface area contributed by atoms with Crippen LogP contribution in [0.3, 0.4) is 0 Å². The molecule has 6 nitrogen and oxygen atoms in total. The summed E-state index contributed by atoms with van der Waals surface area (Å²) in [5.74, 6) is 1.31. The summed E-state index contributed by atoms with van der Waals surface area (Å²) in [7, 11) is 0. The van der Waals surface area contributed by atoms with Crippen LogP contribution >= 0.6 is 0 Å². The molecule has 7 heteroatoms. The molecule has 0 bridgehead atoms. The quantitative estimate of drug-likeness (QED) is 0.615. The lowest BCUT2D eigenvalue weighted by molar-refractivity contribution is -0.132. The highest BCUT2D eigenvalue weighted by Crippen LogP contribution is 2.63. The van der Waals surface area contributed by atoms with E-state index in [2.05, 4.69) is 16.0 Å². The monoisotopic (exact) mass is 443 g/mol. The summed E-state index contributed by atoms with van der Waals surface area (Å²) in [6, 6.07) is 12.1. The van der Waals surface area contributed by atoms with E-state index in [1.807, 2.05) is 35.2 Å². The number of para-hydroxylation sites is 1. The fourth-order valence-corrected chi connectivity index (χ4v) is 6.84. The summed E-state index contributed by atoms with van der Waals surface area (Å²) in [4.78, 5) is 31.4. The van der Waals surface area contributed by atoms with Gasteiger partial charge in [-0.1, -0.05) is 18.6 Å². The second-order valence-electron chi connectivity index (χ2n) is 10.5. The molecule has 4 atom stereocenters. The van der Waals surface area contributed by atoms with Gasteiger partial charge in [-0.25, -0.2) is 14.4 Å². The van der Waals surface area contributed by atoms with E-state index in [1.165, 1.54) is 6.42 Å². The van der Waals surface area contributed by atoms with Crippen molar-refractivity contribution in [3.8, 4) is 11.4 Å². The molecule has 168 valence electrons. The predicted molar refractivity (Wildman–Crippen MR) is 123 cm³/mol. The fraction of sp³-hybridized carbons (Fsp3) is 0.462. The van der Waals surface area contributed by atoms with Gasteiger partial charge in [-0.3, -0.25) is 9.78 Å². The molecule has 1 aromatic carbocycles. The predicted octanol–water partition coefficient (Wildman–Crippen LogP) is 3.87. The third-order valence-electron chi connectivity index (χ3n) is 8.55. The van der Waals surface area contributed by atoms with Crippen LogP contribution < -0.4 is 4.90 Å². The normalized spacial score (nSPS) is 32.3. The maximum Gasteiger partial charge on any atom is 0.228 e. The molecule has 1 amide bonds. The first-order valence-electron chi connectivity index (χ1n) is 11.9. The molecule has 2 saturated heterocycles. The molecule has 0 spiro atoms. The van der Waals surface area contributed by atoms with Gasteiger partial charge in [0.1, 0.15) is 12.0 Å². The minimum Gasteiger partial charge on any atom is -0.355 e. The minimum absolute atomic E-state index is 0.0375. The molecular weight excluding hydrogens is 417 g/mol. The lowest BCUT2D eigenvalue weighted by Gasteiger charge is -2.29. The van der Waals surface area contributed by atoms with Gasteiger partial charge in [0.15, 0.2) is 5.82 Å². The number of anilines is 1. The summed E-state index contributed by atoms with van der Waals surface area (Å²) in [6.07, 6.45) is 6.49. The Labute approximate surface area is 191 Å². The maximum atomic E-state index is 13.6. The number of halogens is 1. The average molecular weight is 444 g/mol. The molecule has 2 aromatic heterocycles. The third kappa shape index (κ3) is 2.77. The molecule has 4 aliphatic rings. The van der Waals surface area contributed by atoms with E-state index in [1.54, 1.807) is 12.4 Å². The second kappa shape index (κ2) is 6.72. The topological polar surface area (TPSA) is 62.2 Å². The highest BCUT2D eigenvalue weighted by Gasteiger charge is 2.66. The molecule has 0 N–H and O–H groups in total. The Morgan fingerprint density at radius 1 is 1.00 bits per heavy atom. The Balaban J connectivity index is 1.27. The summed E-state index contributed by atoms with van der Waals surface area (Å²) in [5, 5.41) is 1.06. The molecule has 4 heterocycles. The number of carbonyl (C=O) groups excluding carboxylic acids is 1. The number of nitrogens with zero attached hydrogens (tertiary/aromatic N) is 5. The Kier molecular flexibility index (Phi) is 3.94. The number of fused-ring (bicyclic) bond motifs is 1. The zero-order valence-electron chi connectivity index (χ0n) is 18.5. The van der Waals surface area contributed by atoms with E-state index in [4.69, 9.17) is 9.97 Å². The molecule has 2 saturated carbocycles. The van der Waals surface area contributed by atoms with E-state index in [0.717, 1.165) is 61.3 Å². The van der Waals surface area contributed by atoms with Crippen LogP contribution in [0, 0.1) is 16.7 Å². The van der Waals surface area contributed by atoms with Crippen LogP contribution in [0.15, 0.2) is 48.8 Å². The van der Waals surface area contributed by atoms with Gasteiger partial charge in [0, 0.05) is 60.4 Å². The van der Waals surface area contributed by atoms with Crippen molar-refractivity contribution in [2.75, 3.05) is 31.1 Å². The van der Waals surface area contributed by atoms with Crippen molar-refractivity contribution in [2.45, 2.75) is 31.9 Å². The van der Waals surface area contributed by atoms with E-state index >= 15 is 0 Å². The van der Waals surface area contributed by atoms with E-state index in [-0.39, 0.29) is 22.7 Å². The number of alkyl halides is 1. The molecule has 2 aliphatic heterocycles. The first-order valence-corrected chi connectivity index (χ1v) is 11.9. The Hall–Kier alpha value is -3.09. The highest BCUT2D eigenvalue weighted by atomic mass is 19.1. The molecule has 4 fully saturated rings. The zero-order chi connectivity index (χ0) is 22.2. The van der Waals surface area contributed by atoms with Crippen molar-refractivity contribution < 1.29 is 9.18 Å². The molecule has 4 unspecified atom stereocenters. The SMILES string of the molecule is O=C(C1CC1F)N1CC23CCCC2(C1)CN(c1nc(-c2cccnc2)nc2ccccc12)C3. The number of benzene rings is 1. The van der Waals surface area contributed by atoms with Gasteiger partial charge in [-0.05, 0) is 43.5 Å². The van der Waals surface area contributed by atoms with Gasteiger partial charge in [0.2, 0.25) is 5.91 Å². The van der Waals surface area contributed by atoms with E-state index < -0.39 is 6.17 Å². The first kappa shape index (κ1) is 19.4. The largest absolute Gasteiger partial charge is 0.355 e. The van der Waals surface area contributed by atoms with Crippen molar-refractivity contribution >= 4 is 22.6 Å². The smallest absolute Gasteiger partial charge is 0.228 e. The molecule has 2 aliphatic carbocycles. The number of hydrogen-bond donors (Lipinski definition) is 0. The third-order valence-corrected chi connectivity index (χ3v) is 8.55. The standard InChI is InChI=1S/C26H26FN5O/c27-20-11-19(20)24(33)32-15-25-8-4-9-26(25,16-32)14-31(13-25)23-18-6-1-2-7-21(18)29-22(30-23)17-5-3-10-28-12-17/h1-3,5-7,10,12,19-20H,4,8-9,11,13-16H2. The number of carbonyl (C=O) groups is 1. The van der Waals surface area contributed by atoms with Crippen LogP contribution in [0.4, 0.5) is 10.2 Å². The van der Waals surface area contributed by atoms with Crippen LogP contribution in [-0.2, 0) is 4.79 Å². The fourth-order valence-electron chi connectivity index (χ4n) is 6.84. The van der Waals surface area contributed by atoms with Gasteiger partial charge in [-0.2, -0.15) is 0 Å². The summed E-state index contributed by atoms with van der Waals surface area (Å²) in [6.45, 7) is 3.27. The average Bonchev–Trinajstić information content (AvgIpc) is 3.19. The number of pyridine rings is 1. The number of rotatable bonds is 3. The Bertz CT molecular complexity index is 1250. The molecule has 7 rings (SSSR count). The van der Waals surface area contributed by atoms with E-state index in [9.17, 15) is 9.18 Å². The number of hydrogen-bond acceptors (Lipinski definition) is 5. The van der Waals surface area contributed by atoms with Crippen molar-refractivity contribution in [3.63, 3.8) is 0 Å². The van der Waals surface area contributed by atoms with Gasteiger partial charge < -0.3 is 9.80 Å². The highest BCUT2D eigenvalue weighted by molar-refractivity contribution is 5.91. The molecule has 3 aromatic rings. The van der Waals surface area contributed by atoms with Crippen LogP contribution in [0.25, 0.3) is 22.3 Å². The van der Waals surface area contributed by atoms with Gasteiger partial charge in [-0.15, -0.1) is 0 Å². The van der Waals surface area contributed by atoms with Crippen molar-refractivity contribution in [3.05, 3.63) is 48.8 Å². The van der Waals surface area contributed by atoms with Crippen LogP contribution in [0.1, 0.15) is 25.7 Å². The second-order valence-corrected chi connectivity index (χ2v) is 10.5. The summed E-state index contributed by atoms with van der Waals surface area (Å²) >= 11 is 0. The van der Waals surface area contributed by atoms with Crippen LogP contribution in [0.2, 0.25) is 0 Å². The maximum absolute atomic E-state index is 13.6. The summed E-state index contributed by atoms with van der Waals surface area (Å²) < 4.78 is 13.6. The van der Waals surface area contributed by atoms with Crippen LogP contribution in [0.5, 0.6) is 0 Å². The molecule has 0 radical (unpaired) electrons. The summed E-state index contributed by atoms with van der Waals surface area (Å²) in [5.41, 5.74) is 1.98. The van der Waals surface area contributed by atoms with Crippen molar-refractivity contribution in [1.29, 1.82) is 0 Å². The van der Waals surface area contributed by atoms with Crippen LogP contribution in [-0.4, -0.2) is 58.1 Å². The van der Waals surface area contributed by atoms with Crippen molar-refractivity contribution in [2.24, 2.45) is 16.7 Å². The lowest BCUT2D eigenvalue weighted by atomic mass is 9.71. The first-order chi connectivity index (χ1) is 16.1. The number of likely N-dealkylation sites (tertiary alicyclic amines) is 1.